The van der Waals surface area contributed by atoms with Gasteiger partial charge in [0.25, 0.3) is 5.89 Å². The van der Waals surface area contributed by atoms with E-state index in [4.69, 9.17) is 9.26 Å². The largest absolute Gasteiger partial charge is 0.368 e. The van der Waals surface area contributed by atoms with E-state index < -0.39 is 0 Å². The van der Waals surface area contributed by atoms with Gasteiger partial charge in [-0.25, -0.2) is 0 Å². The summed E-state index contributed by atoms with van der Waals surface area (Å²) in [4.78, 5) is 19.8. The molecule has 2 aliphatic heterocycles. The van der Waals surface area contributed by atoms with Gasteiger partial charge in [0, 0.05) is 39.7 Å². The molecule has 2 aliphatic rings. The number of piperazine rings is 1. The lowest BCUT2D eigenvalue weighted by atomic mass is 10.2. The number of nitrogens with zero attached hydrogens (tertiary/aromatic N) is 4. The van der Waals surface area contributed by atoms with Crippen LogP contribution in [0.25, 0.3) is 0 Å². The van der Waals surface area contributed by atoms with Crippen LogP contribution in [0.2, 0.25) is 0 Å². The molecule has 3 rings (SSSR count). The van der Waals surface area contributed by atoms with Crippen LogP contribution >= 0.6 is 0 Å². The van der Waals surface area contributed by atoms with Crippen LogP contribution in [0.1, 0.15) is 37.6 Å². The zero-order valence-electron chi connectivity index (χ0n) is 11.7. The molecular formula is C13H20N4O3. The fourth-order valence-electron chi connectivity index (χ4n) is 2.66. The van der Waals surface area contributed by atoms with E-state index in [1.54, 1.807) is 6.92 Å². The van der Waals surface area contributed by atoms with Crippen LogP contribution in [0.3, 0.4) is 0 Å². The van der Waals surface area contributed by atoms with Gasteiger partial charge in [-0.1, -0.05) is 5.16 Å². The van der Waals surface area contributed by atoms with Crippen molar-refractivity contribution < 1.29 is 14.1 Å². The summed E-state index contributed by atoms with van der Waals surface area (Å²) in [6, 6.07) is 0. The predicted molar refractivity (Wildman–Crippen MR) is 69.8 cm³/mol. The minimum Gasteiger partial charge on any atom is -0.368 e. The molecule has 1 aromatic heterocycles. The molecule has 0 radical (unpaired) electrons. The van der Waals surface area contributed by atoms with Gasteiger partial charge in [0.15, 0.2) is 5.82 Å². The molecule has 1 amide bonds. The van der Waals surface area contributed by atoms with Crippen LogP contribution in [0, 0.1) is 0 Å². The number of amides is 1. The Labute approximate surface area is 117 Å². The Kier molecular flexibility index (Phi) is 3.98. The van der Waals surface area contributed by atoms with E-state index in [-0.39, 0.29) is 12.0 Å². The van der Waals surface area contributed by atoms with Gasteiger partial charge in [-0.05, 0) is 12.8 Å². The second kappa shape index (κ2) is 5.88. The number of ether oxygens (including phenoxy) is 1. The molecule has 2 saturated heterocycles. The van der Waals surface area contributed by atoms with Gasteiger partial charge in [-0.3, -0.25) is 9.69 Å². The van der Waals surface area contributed by atoms with E-state index in [1.165, 1.54) is 0 Å². The third kappa shape index (κ3) is 2.99. The Morgan fingerprint density at radius 3 is 2.80 bits per heavy atom. The maximum absolute atomic E-state index is 11.3. The predicted octanol–water partition coefficient (Wildman–Crippen LogP) is 0.585. The lowest BCUT2D eigenvalue weighted by Gasteiger charge is -2.33. The lowest BCUT2D eigenvalue weighted by molar-refractivity contribution is -0.130. The molecule has 0 bridgehead atoms. The van der Waals surface area contributed by atoms with Crippen LogP contribution in [-0.4, -0.2) is 58.6 Å². The lowest BCUT2D eigenvalue weighted by Crippen LogP contribution is -2.47. The third-order valence-corrected chi connectivity index (χ3v) is 3.87. The first-order valence-electron chi connectivity index (χ1n) is 7.14. The summed E-state index contributed by atoms with van der Waals surface area (Å²) in [7, 11) is 0. The number of carbonyl (C=O) groups is 1. The highest BCUT2D eigenvalue weighted by atomic mass is 16.5. The van der Waals surface area contributed by atoms with Gasteiger partial charge >= 0.3 is 0 Å². The summed E-state index contributed by atoms with van der Waals surface area (Å²) < 4.78 is 10.8. The van der Waals surface area contributed by atoms with Crippen molar-refractivity contribution in [3.8, 4) is 0 Å². The van der Waals surface area contributed by atoms with Crippen LogP contribution in [-0.2, 0) is 16.1 Å². The van der Waals surface area contributed by atoms with Crippen molar-refractivity contribution in [1.29, 1.82) is 0 Å². The monoisotopic (exact) mass is 280 g/mol. The minimum absolute atomic E-state index is 0.0224. The Morgan fingerprint density at radius 1 is 1.35 bits per heavy atom. The van der Waals surface area contributed by atoms with E-state index in [9.17, 15) is 4.79 Å². The average Bonchev–Trinajstić information content (AvgIpc) is 3.09. The summed E-state index contributed by atoms with van der Waals surface area (Å²) in [5, 5.41) is 4.02. The molecule has 7 nitrogen and oxygen atoms in total. The van der Waals surface area contributed by atoms with E-state index in [1.807, 2.05) is 4.90 Å². The second-order valence-corrected chi connectivity index (χ2v) is 5.33. The second-order valence-electron chi connectivity index (χ2n) is 5.33. The van der Waals surface area contributed by atoms with E-state index in [2.05, 4.69) is 15.0 Å². The highest BCUT2D eigenvalue weighted by Gasteiger charge is 2.25. The zero-order valence-corrected chi connectivity index (χ0v) is 11.7. The van der Waals surface area contributed by atoms with Gasteiger partial charge in [-0.2, -0.15) is 4.98 Å². The van der Waals surface area contributed by atoms with E-state index >= 15 is 0 Å². The molecule has 0 aromatic carbocycles. The number of rotatable bonds is 3. The zero-order chi connectivity index (χ0) is 13.9. The number of hydrogen-bond acceptors (Lipinski definition) is 6. The van der Waals surface area contributed by atoms with Gasteiger partial charge < -0.3 is 14.2 Å². The first-order chi connectivity index (χ1) is 9.72. The summed E-state index contributed by atoms with van der Waals surface area (Å²) in [5.41, 5.74) is 0. The Balaban J connectivity index is 1.52. The summed E-state index contributed by atoms with van der Waals surface area (Å²) >= 11 is 0. The molecule has 1 atom stereocenters. The topological polar surface area (TPSA) is 71.7 Å². The molecule has 2 fully saturated rings. The normalized spacial score (nSPS) is 24.2. The van der Waals surface area contributed by atoms with Gasteiger partial charge in [0.2, 0.25) is 5.91 Å². The molecule has 1 aromatic rings. The van der Waals surface area contributed by atoms with Crippen molar-refractivity contribution in [2.75, 3.05) is 32.8 Å². The van der Waals surface area contributed by atoms with Gasteiger partial charge in [0.05, 0.1) is 6.54 Å². The van der Waals surface area contributed by atoms with Crippen molar-refractivity contribution in [3.63, 3.8) is 0 Å². The van der Waals surface area contributed by atoms with Gasteiger partial charge in [-0.15, -0.1) is 0 Å². The highest BCUT2D eigenvalue weighted by molar-refractivity contribution is 5.73. The quantitative estimate of drug-likeness (QED) is 0.806. The summed E-state index contributed by atoms with van der Waals surface area (Å²) in [5.74, 6) is 1.44. The fraction of sp³-hybridized carbons (Fsp3) is 0.769. The number of carbonyl (C=O) groups excluding carboxylic acids is 1. The van der Waals surface area contributed by atoms with E-state index in [0.29, 0.717) is 18.3 Å². The average molecular weight is 280 g/mol. The fourth-order valence-corrected chi connectivity index (χ4v) is 2.66. The first-order valence-corrected chi connectivity index (χ1v) is 7.14. The maximum atomic E-state index is 11.3. The molecular weight excluding hydrogens is 260 g/mol. The molecule has 7 heteroatoms. The SMILES string of the molecule is CC(=O)N1CCN(Cc2noc(C3CCCO3)n2)CC1. The van der Waals surface area contributed by atoms with Crippen molar-refractivity contribution >= 4 is 5.91 Å². The molecule has 0 N–H and O–H groups in total. The molecule has 3 heterocycles. The van der Waals surface area contributed by atoms with Crippen LogP contribution in [0.4, 0.5) is 0 Å². The Bertz CT molecular complexity index is 462. The first kappa shape index (κ1) is 13.5. The molecule has 20 heavy (non-hydrogen) atoms. The van der Waals surface area contributed by atoms with E-state index in [0.717, 1.165) is 45.6 Å². The van der Waals surface area contributed by atoms with Crippen LogP contribution in [0.5, 0.6) is 0 Å². The van der Waals surface area contributed by atoms with Crippen molar-refractivity contribution in [2.24, 2.45) is 0 Å². The van der Waals surface area contributed by atoms with Gasteiger partial charge in [0.1, 0.15) is 6.10 Å². The standard InChI is InChI=1S/C13H20N4O3/c1-10(18)17-6-4-16(5-7-17)9-12-14-13(20-15-12)11-3-2-8-19-11/h11H,2-9H2,1H3. The van der Waals surface area contributed by atoms with Crippen molar-refractivity contribution in [3.05, 3.63) is 11.7 Å². The molecule has 0 aliphatic carbocycles. The van der Waals surface area contributed by atoms with Crippen LogP contribution < -0.4 is 0 Å². The van der Waals surface area contributed by atoms with Crippen molar-refractivity contribution in [1.82, 2.24) is 19.9 Å². The smallest absolute Gasteiger partial charge is 0.255 e. The number of aromatic nitrogens is 2. The third-order valence-electron chi connectivity index (χ3n) is 3.87. The Morgan fingerprint density at radius 2 is 2.15 bits per heavy atom. The maximum Gasteiger partial charge on any atom is 0.255 e. The Hall–Kier alpha value is -1.47. The molecule has 0 saturated carbocycles. The van der Waals surface area contributed by atoms with Crippen LogP contribution in [0.15, 0.2) is 4.52 Å². The summed E-state index contributed by atoms with van der Waals surface area (Å²) in [6.45, 7) is 6.30. The number of hydrogen-bond donors (Lipinski definition) is 0. The van der Waals surface area contributed by atoms with Crippen molar-refractivity contribution in [2.45, 2.75) is 32.4 Å². The molecule has 1 unspecified atom stereocenters. The molecule has 0 spiro atoms. The highest BCUT2D eigenvalue weighted by Crippen LogP contribution is 2.27. The minimum atomic E-state index is -0.0224. The summed E-state index contributed by atoms with van der Waals surface area (Å²) in [6.07, 6.45) is 1.99. The molecule has 110 valence electrons.